The highest BCUT2D eigenvalue weighted by Gasteiger charge is 2.27. The summed E-state index contributed by atoms with van der Waals surface area (Å²) in [6, 6.07) is 15.3. The summed E-state index contributed by atoms with van der Waals surface area (Å²) in [6.45, 7) is 3.38. The third kappa shape index (κ3) is 5.59. The first kappa shape index (κ1) is 20.9. The molecule has 0 saturated carbocycles. The Morgan fingerprint density at radius 1 is 1.03 bits per heavy atom. The normalized spacial score (nSPS) is 14.5. The van der Waals surface area contributed by atoms with Gasteiger partial charge in [-0.15, -0.1) is 0 Å². The van der Waals surface area contributed by atoms with Crippen molar-refractivity contribution in [3.63, 3.8) is 0 Å². The number of carbonyl (C=O) groups is 2. The van der Waals surface area contributed by atoms with E-state index in [0.717, 1.165) is 17.9 Å². The fourth-order valence-corrected chi connectivity index (χ4v) is 3.64. The summed E-state index contributed by atoms with van der Waals surface area (Å²) in [4.78, 5) is 27.1. The van der Waals surface area contributed by atoms with Crippen molar-refractivity contribution in [3.05, 3.63) is 59.7 Å². The standard InChI is InChI=1S/C24H30N2O3/c1-3-4-5-18-6-10-21(11-7-18)25-23(27)19-14-16-26(17-15-19)24(28)20-8-12-22(29-2)13-9-20/h6-13,19H,3-5,14-17H2,1-2H3,(H,25,27). The Bertz CT molecular complexity index is 807. The minimum atomic E-state index is -0.0605. The quantitative estimate of drug-likeness (QED) is 0.751. The molecule has 5 heteroatoms. The maximum Gasteiger partial charge on any atom is 0.253 e. The van der Waals surface area contributed by atoms with Gasteiger partial charge >= 0.3 is 0 Å². The number of amides is 2. The van der Waals surface area contributed by atoms with Crippen LogP contribution in [-0.2, 0) is 11.2 Å². The number of ether oxygens (including phenoxy) is 1. The lowest BCUT2D eigenvalue weighted by Crippen LogP contribution is -2.41. The van der Waals surface area contributed by atoms with Crippen LogP contribution in [-0.4, -0.2) is 36.9 Å². The topological polar surface area (TPSA) is 58.6 Å². The molecule has 0 aromatic heterocycles. The molecule has 1 aliphatic heterocycles. The molecule has 5 nitrogen and oxygen atoms in total. The third-order valence-electron chi connectivity index (χ3n) is 5.53. The van der Waals surface area contributed by atoms with Crippen molar-refractivity contribution < 1.29 is 14.3 Å². The van der Waals surface area contributed by atoms with Crippen molar-refractivity contribution >= 4 is 17.5 Å². The van der Waals surface area contributed by atoms with Crippen LogP contribution in [0.2, 0.25) is 0 Å². The summed E-state index contributed by atoms with van der Waals surface area (Å²) in [6.07, 6.45) is 4.80. The van der Waals surface area contributed by atoms with Gasteiger partial charge in [0.15, 0.2) is 0 Å². The lowest BCUT2D eigenvalue weighted by molar-refractivity contribution is -0.121. The summed E-state index contributed by atoms with van der Waals surface area (Å²) in [5.74, 6) is 0.724. The van der Waals surface area contributed by atoms with E-state index in [1.165, 1.54) is 18.4 Å². The molecule has 1 N–H and O–H groups in total. The average Bonchev–Trinajstić information content (AvgIpc) is 2.78. The maximum atomic E-state index is 12.7. The molecule has 0 radical (unpaired) electrons. The van der Waals surface area contributed by atoms with E-state index in [2.05, 4.69) is 24.4 Å². The van der Waals surface area contributed by atoms with E-state index in [9.17, 15) is 9.59 Å². The van der Waals surface area contributed by atoms with E-state index >= 15 is 0 Å². The summed E-state index contributed by atoms with van der Waals surface area (Å²) < 4.78 is 5.14. The van der Waals surface area contributed by atoms with Crippen LogP contribution in [0.4, 0.5) is 5.69 Å². The van der Waals surface area contributed by atoms with E-state index in [4.69, 9.17) is 4.74 Å². The summed E-state index contributed by atoms with van der Waals surface area (Å²) in [5, 5.41) is 3.03. The Morgan fingerprint density at radius 3 is 2.28 bits per heavy atom. The van der Waals surface area contributed by atoms with Crippen LogP contribution in [0.3, 0.4) is 0 Å². The second-order valence-corrected chi connectivity index (χ2v) is 7.58. The molecule has 2 aromatic rings. The van der Waals surface area contributed by atoms with Crippen LogP contribution in [0, 0.1) is 5.92 Å². The van der Waals surface area contributed by atoms with Crippen LogP contribution >= 0.6 is 0 Å². The number of piperidine rings is 1. The van der Waals surface area contributed by atoms with Crippen molar-refractivity contribution in [3.8, 4) is 5.75 Å². The van der Waals surface area contributed by atoms with Crippen LogP contribution in [0.25, 0.3) is 0 Å². The molecule has 2 aromatic carbocycles. The monoisotopic (exact) mass is 394 g/mol. The molecule has 0 aliphatic carbocycles. The van der Waals surface area contributed by atoms with Crippen LogP contribution < -0.4 is 10.1 Å². The van der Waals surface area contributed by atoms with Gasteiger partial charge in [0.1, 0.15) is 5.75 Å². The van der Waals surface area contributed by atoms with E-state index in [-0.39, 0.29) is 17.7 Å². The van der Waals surface area contributed by atoms with Gasteiger partial charge in [0.2, 0.25) is 5.91 Å². The molecule has 2 amide bonds. The van der Waals surface area contributed by atoms with Crippen molar-refractivity contribution in [2.75, 3.05) is 25.5 Å². The molecule has 0 spiro atoms. The first-order valence-corrected chi connectivity index (χ1v) is 10.4. The maximum absolute atomic E-state index is 12.7. The van der Waals surface area contributed by atoms with Gasteiger partial charge in [0, 0.05) is 30.3 Å². The number of nitrogens with one attached hydrogen (secondary N) is 1. The first-order valence-electron chi connectivity index (χ1n) is 10.4. The average molecular weight is 395 g/mol. The number of unbranched alkanes of at least 4 members (excludes halogenated alkanes) is 1. The molecule has 3 rings (SSSR count). The van der Waals surface area contributed by atoms with Gasteiger partial charge in [-0.1, -0.05) is 25.5 Å². The zero-order valence-electron chi connectivity index (χ0n) is 17.3. The molecule has 0 atom stereocenters. The third-order valence-corrected chi connectivity index (χ3v) is 5.53. The number of nitrogens with zero attached hydrogens (tertiary/aromatic N) is 1. The number of anilines is 1. The van der Waals surface area contributed by atoms with Crippen molar-refractivity contribution in [2.24, 2.45) is 5.92 Å². The van der Waals surface area contributed by atoms with E-state index < -0.39 is 0 Å². The Labute approximate surface area is 173 Å². The zero-order valence-corrected chi connectivity index (χ0v) is 17.3. The fraction of sp³-hybridized carbons (Fsp3) is 0.417. The lowest BCUT2D eigenvalue weighted by atomic mass is 9.95. The molecule has 1 heterocycles. The van der Waals surface area contributed by atoms with Crippen molar-refractivity contribution in [2.45, 2.75) is 39.0 Å². The number of methoxy groups -OCH3 is 1. The minimum Gasteiger partial charge on any atom is -0.497 e. The number of aryl methyl sites for hydroxylation is 1. The smallest absolute Gasteiger partial charge is 0.253 e. The fourth-order valence-electron chi connectivity index (χ4n) is 3.64. The van der Waals surface area contributed by atoms with Crippen LogP contribution in [0.5, 0.6) is 5.75 Å². The van der Waals surface area contributed by atoms with Gasteiger partial charge in [0.25, 0.3) is 5.91 Å². The number of likely N-dealkylation sites (tertiary alicyclic amines) is 1. The van der Waals surface area contributed by atoms with Gasteiger partial charge in [-0.2, -0.15) is 0 Å². The summed E-state index contributed by atoms with van der Waals surface area (Å²) in [5.41, 5.74) is 2.79. The summed E-state index contributed by atoms with van der Waals surface area (Å²) >= 11 is 0. The molecule has 1 aliphatic rings. The Hall–Kier alpha value is -2.82. The molecular weight excluding hydrogens is 364 g/mol. The van der Waals surface area contributed by atoms with Gasteiger partial charge < -0.3 is 15.0 Å². The second kappa shape index (κ2) is 10.1. The number of benzene rings is 2. The number of hydrogen-bond donors (Lipinski definition) is 1. The predicted molar refractivity (Wildman–Crippen MR) is 115 cm³/mol. The minimum absolute atomic E-state index is 0.00850. The number of hydrogen-bond acceptors (Lipinski definition) is 3. The van der Waals surface area contributed by atoms with Gasteiger partial charge in [-0.3, -0.25) is 9.59 Å². The molecule has 0 unspecified atom stereocenters. The van der Waals surface area contributed by atoms with E-state index in [1.54, 1.807) is 31.4 Å². The molecule has 154 valence electrons. The second-order valence-electron chi connectivity index (χ2n) is 7.58. The highest BCUT2D eigenvalue weighted by atomic mass is 16.5. The highest BCUT2D eigenvalue weighted by Crippen LogP contribution is 2.22. The summed E-state index contributed by atoms with van der Waals surface area (Å²) in [7, 11) is 1.60. The van der Waals surface area contributed by atoms with Gasteiger partial charge in [0.05, 0.1) is 7.11 Å². The molecule has 1 fully saturated rings. The lowest BCUT2D eigenvalue weighted by Gasteiger charge is -2.31. The van der Waals surface area contributed by atoms with Crippen LogP contribution in [0.15, 0.2) is 48.5 Å². The molecule has 29 heavy (non-hydrogen) atoms. The SMILES string of the molecule is CCCCc1ccc(NC(=O)C2CCN(C(=O)c3ccc(OC)cc3)CC2)cc1. The van der Waals surface area contributed by atoms with Crippen LogP contribution in [0.1, 0.15) is 48.5 Å². The Balaban J connectivity index is 1.49. The number of rotatable bonds is 7. The Kier molecular flexibility index (Phi) is 7.28. The highest BCUT2D eigenvalue weighted by molar-refractivity contribution is 5.95. The zero-order chi connectivity index (χ0) is 20.6. The molecule has 1 saturated heterocycles. The molecule has 0 bridgehead atoms. The van der Waals surface area contributed by atoms with E-state index in [1.807, 2.05) is 17.0 Å². The van der Waals surface area contributed by atoms with E-state index in [0.29, 0.717) is 31.5 Å². The first-order chi connectivity index (χ1) is 14.1. The van der Waals surface area contributed by atoms with Gasteiger partial charge in [-0.05, 0) is 67.6 Å². The molecular formula is C24H30N2O3. The van der Waals surface area contributed by atoms with Gasteiger partial charge in [-0.25, -0.2) is 0 Å². The van der Waals surface area contributed by atoms with Crippen molar-refractivity contribution in [1.29, 1.82) is 0 Å². The number of carbonyl (C=O) groups excluding carboxylic acids is 2. The van der Waals surface area contributed by atoms with Crippen molar-refractivity contribution in [1.82, 2.24) is 4.90 Å². The largest absolute Gasteiger partial charge is 0.497 e. The predicted octanol–water partition coefficient (Wildman–Crippen LogP) is 4.53. The Morgan fingerprint density at radius 2 is 1.69 bits per heavy atom.